The van der Waals surface area contributed by atoms with E-state index in [1.54, 1.807) is 32.0 Å². The SMILES string of the molecule is Cc1cccc(C)c1NS(=O)(=O)c1cc(NC(=O)c2cnc(-c3ccccc3)[nH]2)ccc1F. The minimum atomic E-state index is -4.24. The van der Waals surface area contributed by atoms with Gasteiger partial charge in [-0.15, -0.1) is 0 Å². The van der Waals surface area contributed by atoms with Crippen LogP contribution in [0.25, 0.3) is 11.4 Å². The lowest BCUT2D eigenvalue weighted by Crippen LogP contribution is -2.17. The number of nitrogens with one attached hydrogen (secondary N) is 3. The number of rotatable bonds is 6. The summed E-state index contributed by atoms with van der Waals surface area (Å²) in [5, 5.41) is 2.58. The zero-order valence-electron chi connectivity index (χ0n) is 17.9. The molecule has 1 aromatic heterocycles. The zero-order valence-corrected chi connectivity index (χ0v) is 18.7. The topological polar surface area (TPSA) is 104 Å². The van der Waals surface area contributed by atoms with E-state index in [2.05, 4.69) is 20.0 Å². The highest BCUT2D eigenvalue weighted by Gasteiger charge is 2.22. The number of anilines is 2. The van der Waals surface area contributed by atoms with Gasteiger partial charge >= 0.3 is 0 Å². The van der Waals surface area contributed by atoms with E-state index in [1.807, 2.05) is 30.3 Å². The predicted octanol–water partition coefficient (Wildman–Crippen LogP) is 4.89. The minimum absolute atomic E-state index is 0.124. The molecular weight excluding hydrogens is 443 g/mol. The van der Waals surface area contributed by atoms with Gasteiger partial charge in [-0.3, -0.25) is 9.52 Å². The number of hydrogen-bond donors (Lipinski definition) is 3. The van der Waals surface area contributed by atoms with E-state index in [1.165, 1.54) is 12.3 Å². The van der Waals surface area contributed by atoms with E-state index in [0.29, 0.717) is 22.6 Å². The second-order valence-corrected chi connectivity index (χ2v) is 9.13. The van der Waals surface area contributed by atoms with Crippen LogP contribution in [-0.2, 0) is 10.0 Å². The normalized spacial score (nSPS) is 11.2. The molecule has 0 bridgehead atoms. The van der Waals surface area contributed by atoms with Crippen LogP contribution in [0.5, 0.6) is 0 Å². The molecule has 0 atom stereocenters. The Morgan fingerprint density at radius 2 is 1.67 bits per heavy atom. The molecule has 168 valence electrons. The molecule has 0 aliphatic carbocycles. The summed E-state index contributed by atoms with van der Waals surface area (Å²) in [6.45, 7) is 3.51. The van der Waals surface area contributed by atoms with Gasteiger partial charge in [0, 0.05) is 11.3 Å². The number of H-pyrrole nitrogens is 1. The highest BCUT2D eigenvalue weighted by molar-refractivity contribution is 7.92. The molecule has 4 rings (SSSR count). The van der Waals surface area contributed by atoms with E-state index >= 15 is 0 Å². The Bertz CT molecular complexity index is 1410. The molecule has 4 aromatic rings. The Balaban J connectivity index is 1.57. The van der Waals surface area contributed by atoms with Crippen LogP contribution in [0.2, 0.25) is 0 Å². The number of sulfonamides is 1. The minimum Gasteiger partial charge on any atom is -0.334 e. The number of amides is 1. The average molecular weight is 465 g/mol. The van der Waals surface area contributed by atoms with Gasteiger partial charge in [-0.05, 0) is 43.2 Å². The summed E-state index contributed by atoms with van der Waals surface area (Å²) in [5.41, 5.74) is 2.91. The zero-order chi connectivity index (χ0) is 23.6. The third-order valence-electron chi connectivity index (χ3n) is 5.06. The average Bonchev–Trinajstić information content (AvgIpc) is 3.29. The Labute approximate surface area is 190 Å². The molecule has 0 saturated carbocycles. The Kier molecular flexibility index (Phi) is 5.97. The lowest BCUT2D eigenvalue weighted by atomic mass is 10.1. The molecule has 33 heavy (non-hydrogen) atoms. The summed E-state index contributed by atoms with van der Waals surface area (Å²) in [6.07, 6.45) is 1.38. The third-order valence-corrected chi connectivity index (χ3v) is 6.43. The summed E-state index contributed by atoms with van der Waals surface area (Å²) < 4.78 is 42.8. The second-order valence-electron chi connectivity index (χ2n) is 7.48. The summed E-state index contributed by atoms with van der Waals surface area (Å²) in [5.74, 6) is -0.956. The van der Waals surface area contributed by atoms with Crippen LogP contribution in [0, 0.1) is 19.7 Å². The summed E-state index contributed by atoms with van der Waals surface area (Å²) in [6, 6.07) is 18.0. The van der Waals surface area contributed by atoms with E-state index < -0.39 is 26.6 Å². The van der Waals surface area contributed by atoms with Crippen LogP contribution in [0.1, 0.15) is 21.6 Å². The van der Waals surface area contributed by atoms with Crippen molar-refractivity contribution >= 4 is 27.3 Å². The van der Waals surface area contributed by atoms with Gasteiger partial charge in [0.05, 0.1) is 11.9 Å². The molecule has 1 amide bonds. The Morgan fingerprint density at radius 1 is 0.970 bits per heavy atom. The largest absolute Gasteiger partial charge is 0.334 e. The molecule has 0 radical (unpaired) electrons. The van der Waals surface area contributed by atoms with Crippen LogP contribution in [0.4, 0.5) is 15.8 Å². The molecule has 3 aromatic carbocycles. The smallest absolute Gasteiger partial charge is 0.273 e. The summed E-state index contributed by atoms with van der Waals surface area (Å²) in [4.78, 5) is 19.2. The van der Waals surface area contributed by atoms with Crippen LogP contribution in [0.15, 0.2) is 77.8 Å². The number of hydrogen-bond acceptors (Lipinski definition) is 4. The first kappa shape index (κ1) is 22.2. The molecule has 0 aliphatic heterocycles. The number of imidazole rings is 1. The van der Waals surface area contributed by atoms with Gasteiger partial charge in [0.1, 0.15) is 22.2 Å². The maximum atomic E-state index is 14.5. The van der Waals surface area contributed by atoms with Gasteiger partial charge in [0.25, 0.3) is 15.9 Å². The first-order valence-electron chi connectivity index (χ1n) is 10.0. The van der Waals surface area contributed by atoms with Gasteiger partial charge in [-0.2, -0.15) is 0 Å². The molecule has 9 heteroatoms. The third kappa shape index (κ3) is 4.78. The molecular formula is C24H21FN4O3S. The lowest BCUT2D eigenvalue weighted by Gasteiger charge is -2.14. The second kappa shape index (κ2) is 8.87. The van der Waals surface area contributed by atoms with Crippen LogP contribution < -0.4 is 10.0 Å². The van der Waals surface area contributed by atoms with Gasteiger partial charge in [-0.1, -0.05) is 48.5 Å². The maximum Gasteiger partial charge on any atom is 0.273 e. The number of aromatic nitrogens is 2. The van der Waals surface area contributed by atoms with Crippen LogP contribution >= 0.6 is 0 Å². The molecule has 0 unspecified atom stereocenters. The number of nitrogens with zero attached hydrogens (tertiary/aromatic N) is 1. The number of carbonyl (C=O) groups excluding carboxylic acids is 1. The van der Waals surface area contributed by atoms with E-state index in [0.717, 1.165) is 17.7 Å². The molecule has 0 saturated heterocycles. The van der Waals surface area contributed by atoms with Crippen molar-refractivity contribution < 1.29 is 17.6 Å². The predicted molar refractivity (Wildman–Crippen MR) is 125 cm³/mol. The van der Waals surface area contributed by atoms with Gasteiger partial charge < -0.3 is 10.3 Å². The molecule has 3 N–H and O–H groups in total. The van der Waals surface area contributed by atoms with Crippen molar-refractivity contribution in [3.63, 3.8) is 0 Å². The van der Waals surface area contributed by atoms with Gasteiger partial charge in [0.2, 0.25) is 0 Å². The first-order chi connectivity index (χ1) is 15.7. The fraction of sp³-hybridized carbons (Fsp3) is 0.0833. The lowest BCUT2D eigenvalue weighted by molar-refractivity contribution is 0.102. The monoisotopic (exact) mass is 464 g/mol. The molecule has 1 heterocycles. The standard InChI is InChI=1S/C24H21FN4O3S/c1-15-7-6-8-16(2)22(15)29-33(31,32)21-13-18(11-12-19(21)25)27-24(30)20-14-26-23(28-20)17-9-4-3-5-10-17/h3-14,29H,1-2H3,(H,26,28)(H,27,30). The van der Waals surface area contributed by atoms with Crippen LogP contribution in [-0.4, -0.2) is 24.3 Å². The molecule has 0 fully saturated rings. The van der Waals surface area contributed by atoms with E-state index in [9.17, 15) is 17.6 Å². The van der Waals surface area contributed by atoms with Crippen molar-refractivity contribution in [3.8, 4) is 11.4 Å². The maximum absolute atomic E-state index is 14.5. The van der Waals surface area contributed by atoms with Crippen LogP contribution in [0.3, 0.4) is 0 Å². The Morgan fingerprint density at radius 3 is 2.36 bits per heavy atom. The van der Waals surface area contributed by atoms with Gasteiger partial charge in [0.15, 0.2) is 0 Å². The highest BCUT2D eigenvalue weighted by atomic mass is 32.2. The number of carbonyl (C=O) groups is 1. The number of halogens is 1. The Hall–Kier alpha value is -3.98. The first-order valence-corrected chi connectivity index (χ1v) is 11.5. The van der Waals surface area contributed by atoms with Crippen molar-refractivity contribution in [3.05, 3.63) is 95.6 Å². The van der Waals surface area contributed by atoms with Crippen molar-refractivity contribution in [2.75, 3.05) is 10.0 Å². The number of para-hydroxylation sites is 1. The molecule has 0 aliphatic rings. The van der Waals surface area contributed by atoms with Crippen molar-refractivity contribution in [2.24, 2.45) is 0 Å². The quantitative estimate of drug-likeness (QED) is 0.378. The van der Waals surface area contributed by atoms with Crippen molar-refractivity contribution in [1.29, 1.82) is 0 Å². The van der Waals surface area contributed by atoms with Crippen molar-refractivity contribution in [2.45, 2.75) is 18.7 Å². The number of aryl methyl sites for hydroxylation is 2. The summed E-state index contributed by atoms with van der Waals surface area (Å²) >= 11 is 0. The highest BCUT2D eigenvalue weighted by Crippen LogP contribution is 2.26. The van der Waals surface area contributed by atoms with Crippen molar-refractivity contribution in [1.82, 2.24) is 9.97 Å². The fourth-order valence-electron chi connectivity index (χ4n) is 3.33. The summed E-state index contributed by atoms with van der Waals surface area (Å²) in [7, 11) is -4.24. The fourth-order valence-corrected chi connectivity index (χ4v) is 4.64. The number of aromatic amines is 1. The van der Waals surface area contributed by atoms with Gasteiger partial charge in [-0.25, -0.2) is 17.8 Å². The molecule has 0 spiro atoms. The van der Waals surface area contributed by atoms with E-state index in [-0.39, 0.29) is 11.4 Å². The van der Waals surface area contributed by atoms with E-state index in [4.69, 9.17) is 0 Å². The molecule has 7 nitrogen and oxygen atoms in total. The number of benzene rings is 3.